The highest BCUT2D eigenvalue weighted by Gasteiger charge is 2.42. The summed E-state index contributed by atoms with van der Waals surface area (Å²) in [6, 6.07) is 18.6. The van der Waals surface area contributed by atoms with Crippen molar-refractivity contribution in [1.82, 2.24) is 4.48 Å². The molecule has 5 heteroatoms. The van der Waals surface area contributed by atoms with Gasteiger partial charge in [0, 0.05) is 24.3 Å². The van der Waals surface area contributed by atoms with Crippen LogP contribution in [0.2, 0.25) is 0 Å². The van der Waals surface area contributed by atoms with Gasteiger partial charge in [-0.15, -0.1) is 11.8 Å². The molecule has 0 aromatic heterocycles. The topological polar surface area (TPSA) is 57.5 Å². The number of benzene rings is 2. The molecule has 1 unspecified atom stereocenters. The first-order valence-corrected chi connectivity index (χ1v) is 8.63. The van der Waals surface area contributed by atoms with E-state index in [1.165, 1.54) is 11.8 Å². The summed E-state index contributed by atoms with van der Waals surface area (Å²) in [5, 5.41) is 19.9. The molecule has 1 atom stereocenters. The first-order valence-electron chi connectivity index (χ1n) is 7.58. The molecule has 0 aliphatic carbocycles. The minimum Gasteiger partial charge on any atom is -0.382 e. The van der Waals surface area contributed by atoms with Gasteiger partial charge in [-0.3, -0.25) is 0 Å². The number of quaternary nitrogens is 1. The minimum atomic E-state index is -0.712. The van der Waals surface area contributed by atoms with E-state index in [0.29, 0.717) is 0 Å². The van der Waals surface area contributed by atoms with Gasteiger partial charge >= 0.3 is 5.91 Å². The van der Waals surface area contributed by atoms with Crippen LogP contribution in [0.25, 0.3) is 0 Å². The van der Waals surface area contributed by atoms with Crippen molar-refractivity contribution in [3.8, 4) is 0 Å². The van der Waals surface area contributed by atoms with E-state index in [2.05, 4.69) is 0 Å². The Morgan fingerprint density at radius 3 is 1.91 bits per heavy atom. The Hall–Kier alpha value is -1.66. The molecule has 2 aromatic rings. The molecule has 23 heavy (non-hydrogen) atoms. The lowest BCUT2D eigenvalue weighted by atomic mass is 10.1. The third kappa shape index (κ3) is 3.82. The SMILES string of the molecule is CCSC(O)C[N+](C(=O)CO)(c1ccccc1)c1ccccc1. The number of para-hydroxylation sites is 2. The van der Waals surface area contributed by atoms with E-state index in [9.17, 15) is 15.0 Å². The molecule has 122 valence electrons. The summed E-state index contributed by atoms with van der Waals surface area (Å²) < 4.78 is -0.202. The summed E-state index contributed by atoms with van der Waals surface area (Å²) >= 11 is 1.38. The van der Waals surface area contributed by atoms with Gasteiger partial charge in [0.1, 0.15) is 23.4 Å². The highest BCUT2D eigenvalue weighted by Crippen LogP contribution is 2.36. The molecule has 0 radical (unpaired) electrons. The summed E-state index contributed by atoms with van der Waals surface area (Å²) in [5.41, 5.74) is 0.748. The summed E-state index contributed by atoms with van der Waals surface area (Å²) in [6.07, 6.45) is 0. The molecule has 0 aliphatic heterocycles. The van der Waals surface area contributed by atoms with Gasteiger partial charge in [-0.25, -0.2) is 4.79 Å². The smallest absolute Gasteiger partial charge is 0.349 e. The molecule has 0 bridgehead atoms. The molecule has 4 nitrogen and oxygen atoms in total. The zero-order valence-electron chi connectivity index (χ0n) is 13.1. The van der Waals surface area contributed by atoms with Gasteiger partial charge in [-0.05, 0) is 5.75 Å². The monoisotopic (exact) mass is 332 g/mol. The molecule has 0 heterocycles. The van der Waals surface area contributed by atoms with E-state index in [1.807, 2.05) is 67.6 Å². The maximum absolute atomic E-state index is 12.8. The summed E-state index contributed by atoms with van der Waals surface area (Å²) in [7, 11) is 0. The minimum absolute atomic E-state index is 0.173. The molecule has 0 saturated carbocycles. The number of nitrogens with zero attached hydrogens (tertiary/aromatic N) is 1. The van der Waals surface area contributed by atoms with Gasteiger partial charge in [0.15, 0.2) is 6.61 Å². The maximum Gasteiger partial charge on any atom is 0.349 e. The van der Waals surface area contributed by atoms with Crippen molar-refractivity contribution in [2.75, 3.05) is 18.9 Å². The molecule has 2 rings (SSSR count). The summed E-state index contributed by atoms with van der Waals surface area (Å²) in [4.78, 5) is 12.8. The molecular weight excluding hydrogens is 310 g/mol. The van der Waals surface area contributed by atoms with E-state index in [4.69, 9.17) is 0 Å². The van der Waals surface area contributed by atoms with E-state index in [0.717, 1.165) is 17.1 Å². The second-order valence-corrected chi connectivity index (χ2v) is 6.58. The van der Waals surface area contributed by atoms with Crippen molar-refractivity contribution in [3.63, 3.8) is 0 Å². The Kier molecular flexibility index (Phi) is 6.36. The molecule has 1 amide bonds. The lowest BCUT2D eigenvalue weighted by Gasteiger charge is -2.35. The lowest BCUT2D eigenvalue weighted by Crippen LogP contribution is -2.54. The van der Waals surface area contributed by atoms with Crippen molar-refractivity contribution in [3.05, 3.63) is 60.7 Å². The van der Waals surface area contributed by atoms with Crippen molar-refractivity contribution in [2.45, 2.75) is 12.4 Å². The maximum atomic E-state index is 12.8. The van der Waals surface area contributed by atoms with E-state index in [-0.39, 0.29) is 16.9 Å². The van der Waals surface area contributed by atoms with Crippen molar-refractivity contribution >= 4 is 29.0 Å². The van der Waals surface area contributed by atoms with Gasteiger partial charge in [0.25, 0.3) is 0 Å². The fourth-order valence-corrected chi connectivity index (χ4v) is 3.43. The normalized spacial score (nSPS) is 12.8. The largest absolute Gasteiger partial charge is 0.382 e. The Morgan fingerprint density at radius 1 is 1.04 bits per heavy atom. The molecule has 0 spiro atoms. The van der Waals surface area contributed by atoms with E-state index in [1.54, 1.807) is 0 Å². The van der Waals surface area contributed by atoms with Crippen LogP contribution in [-0.4, -0.2) is 40.5 Å². The van der Waals surface area contributed by atoms with E-state index < -0.39 is 12.0 Å². The fourth-order valence-electron chi connectivity index (χ4n) is 2.71. The number of amides is 1. The van der Waals surface area contributed by atoms with Gasteiger partial charge in [-0.1, -0.05) is 43.3 Å². The number of hydrogen-bond donors (Lipinski definition) is 2. The standard InChI is InChI=1S/C18H22NO3S/c1-2-23-18(22)13-19(17(21)14-20,15-9-5-3-6-10-15)16-11-7-4-8-12-16/h3-12,18,20,22H,2,13-14H2,1H3/q+1. The van der Waals surface area contributed by atoms with Crippen LogP contribution < -0.4 is 4.48 Å². The summed E-state index contributed by atoms with van der Waals surface area (Å²) in [5.74, 6) is 0.385. The highest BCUT2D eigenvalue weighted by molar-refractivity contribution is 7.99. The number of aliphatic hydroxyl groups excluding tert-OH is 2. The van der Waals surface area contributed by atoms with Gasteiger partial charge in [-0.2, -0.15) is 4.48 Å². The van der Waals surface area contributed by atoms with Crippen molar-refractivity contribution < 1.29 is 15.0 Å². The molecule has 0 aliphatic rings. The van der Waals surface area contributed by atoms with Crippen LogP contribution in [0.5, 0.6) is 0 Å². The number of carbonyl (C=O) groups excluding carboxylic acids is 1. The first-order chi connectivity index (χ1) is 11.1. The number of carbonyl (C=O) groups is 1. The fraction of sp³-hybridized carbons (Fsp3) is 0.278. The average molecular weight is 332 g/mol. The average Bonchev–Trinajstić information content (AvgIpc) is 2.61. The number of hydrogen-bond acceptors (Lipinski definition) is 4. The second kappa shape index (κ2) is 8.26. The van der Waals surface area contributed by atoms with Crippen LogP contribution in [-0.2, 0) is 4.79 Å². The van der Waals surface area contributed by atoms with Crippen LogP contribution in [0.1, 0.15) is 6.92 Å². The zero-order valence-corrected chi connectivity index (χ0v) is 13.9. The molecule has 0 fully saturated rings. The molecule has 2 aromatic carbocycles. The van der Waals surface area contributed by atoms with Crippen LogP contribution >= 0.6 is 11.8 Å². The van der Waals surface area contributed by atoms with E-state index >= 15 is 0 Å². The van der Waals surface area contributed by atoms with Gasteiger partial charge in [0.05, 0.1) is 0 Å². The number of rotatable bonds is 7. The molecule has 2 N–H and O–H groups in total. The van der Waals surface area contributed by atoms with Gasteiger partial charge in [0.2, 0.25) is 0 Å². The van der Waals surface area contributed by atoms with Crippen LogP contribution in [0.3, 0.4) is 0 Å². The lowest BCUT2D eigenvalue weighted by molar-refractivity contribution is -0.131. The Bertz CT molecular complexity index is 579. The van der Waals surface area contributed by atoms with Gasteiger partial charge < -0.3 is 10.2 Å². The summed E-state index contributed by atoms with van der Waals surface area (Å²) in [6.45, 7) is 1.54. The zero-order chi connectivity index (χ0) is 16.7. The Morgan fingerprint density at radius 2 is 1.52 bits per heavy atom. The number of thioether (sulfide) groups is 1. The predicted molar refractivity (Wildman–Crippen MR) is 95.4 cm³/mol. The predicted octanol–water partition coefficient (Wildman–Crippen LogP) is 2.92. The first kappa shape index (κ1) is 17.7. The third-order valence-electron chi connectivity index (χ3n) is 3.74. The van der Waals surface area contributed by atoms with Crippen LogP contribution in [0.15, 0.2) is 60.7 Å². The van der Waals surface area contributed by atoms with Crippen molar-refractivity contribution in [2.24, 2.45) is 0 Å². The highest BCUT2D eigenvalue weighted by atomic mass is 32.2. The number of aliphatic hydroxyl groups is 2. The van der Waals surface area contributed by atoms with Crippen LogP contribution in [0, 0.1) is 0 Å². The molecular formula is C18H22NO3S+. The van der Waals surface area contributed by atoms with Crippen LogP contribution in [0.4, 0.5) is 11.4 Å². The Labute approximate surface area is 141 Å². The Balaban J connectivity index is 2.61. The molecule has 0 saturated heterocycles. The second-order valence-electron chi connectivity index (χ2n) is 5.13. The van der Waals surface area contributed by atoms with Crippen molar-refractivity contribution in [1.29, 1.82) is 0 Å². The quantitative estimate of drug-likeness (QED) is 0.605. The third-order valence-corrected chi connectivity index (χ3v) is 4.61.